The van der Waals surface area contributed by atoms with E-state index in [1.807, 2.05) is 49.4 Å². The smallest absolute Gasteiger partial charge is 0.330 e. The molecule has 0 atom stereocenters. The number of aryl methyl sites for hydroxylation is 1. The number of hydrogen-bond acceptors (Lipinski definition) is 5. The molecule has 0 fully saturated rings. The van der Waals surface area contributed by atoms with E-state index in [1.54, 1.807) is 12.1 Å². The first-order valence-electron chi connectivity index (χ1n) is 8.99. The van der Waals surface area contributed by atoms with Crippen LogP contribution < -0.4 is 26.6 Å². The summed E-state index contributed by atoms with van der Waals surface area (Å²) in [5.74, 6) is -0.0326. The van der Waals surface area contributed by atoms with Crippen LogP contribution in [0.1, 0.15) is 11.1 Å². The molecule has 0 spiro atoms. The molecule has 0 radical (unpaired) electrons. The lowest BCUT2D eigenvalue weighted by Crippen LogP contribution is -2.41. The number of aromatic amines is 1. The minimum absolute atomic E-state index is 0.0891. The zero-order valence-corrected chi connectivity index (χ0v) is 16.2. The molecule has 0 saturated heterocycles. The van der Waals surface area contributed by atoms with Crippen molar-refractivity contribution in [1.29, 1.82) is 0 Å². The molecule has 8 nitrogen and oxygen atoms in total. The molecule has 150 valence electrons. The van der Waals surface area contributed by atoms with Crippen molar-refractivity contribution in [2.45, 2.75) is 13.5 Å². The predicted octanol–water partition coefficient (Wildman–Crippen LogP) is 1.52. The molecule has 3 N–H and O–H groups in total. The van der Waals surface area contributed by atoms with E-state index in [9.17, 15) is 14.4 Å². The van der Waals surface area contributed by atoms with Crippen LogP contribution >= 0.6 is 0 Å². The van der Waals surface area contributed by atoms with Gasteiger partial charge < -0.3 is 15.4 Å². The fraction of sp³-hybridized carbons (Fsp3) is 0.190. The Morgan fingerprint density at radius 1 is 1.10 bits per heavy atom. The number of aromatic nitrogens is 2. The second kappa shape index (κ2) is 8.47. The first kappa shape index (κ1) is 19.9. The highest BCUT2D eigenvalue weighted by molar-refractivity contribution is 5.96. The number of nitrogens with zero attached hydrogens (tertiary/aromatic N) is 2. The lowest BCUT2D eigenvalue weighted by atomic mass is 10.2. The summed E-state index contributed by atoms with van der Waals surface area (Å²) in [5.41, 5.74) is 6.53. The van der Waals surface area contributed by atoms with E-state index in [0.29, 0.717) is 5.75 Å². The van der Waals surface area contributed by atoms with Crippen LogP contribution in [0.4, 0.5) is 11.5 Å². The van der Waals surface area contributed by atoms with Crippen LogP contribution in [-0.2, 0) is 11.3 Å². The highest BCUT2D eigenvalue weighted by Crippen LogP contribution is 2.17. The number of anilines is 2. The third-order valence-corrected chi connectivity index (χ3v) is 4.49. The van der Waals surface area contributed by atoms with Gasteiger partial charge in [-0.1, -0.05) is 48.0 Å². The maximum Gasteiger partial charge on any atom is 0.330 e. The zero-order chi connectivity index (χ0) is 21.0. The Bertz CT molecular complexity index is 1120. The van der Waals surface area contributed by atoms with E-state index in [2.05, 4.69) is 4.98 Å². The summed E-state index contributed by atoms with van der Waals surface area (Å²) < 4.78 is 6.70. The van der Waals surface area contributed by atoms with Crippen LogP contribution in [-0.4, -0.2) is 29.1 Å². The van der Waals surface area contributed by atoms with Gasteiger partial charge >= 0.3 is 5.69 Å². The van der Waals surface area contributed by atoms with Gasteiger partial charge in [0.15, 0.2) is 12.3 Å². The van der Waals surface area contributed by atoms with Gasteiger partial charge in [-0.2, -0.15) is 0 Å². The highest BCUT2D eigenvalue weighted by atomic mass is 16.5. The normalized spacial score (nSPS) is 10.6. The van der Waals surface area contributed by atoms with Crippen molar-refractivity contribution in [3.05, 3.63) is 86.6 Å². The molecule has 0 bridgehead atoms. The van der Waals surface area contributed by atoms with Crippen LogP contribution in [0.3, 0.4) is 0 Å². The van der Waals surface area contributed by atoms with Gasteiger partial charge in [-0.3, -0.25) is 19.1 Å². The van der Waals surface area contributed by atoms with Crippen molar-refractivity contribution < 1.29 is 9.53 Å². The molecule has 0 aliphatic carbocycles. The zero-order valence-electron chi connectivity index (χ0n) is 16.2. The third-order valence-electron chi connectivity index (χ3n) is 4.49. The number of likely N-dealkylation sites (N-methyl/N-ethyl adjacent to an activating group) is 1. The average Bonchev–Trinajstić information content (AvgIpc) is 2.71. The molecule has 1 amide bonds. The van der Waals surface area contributed by atoms with Gasteiger partial charge in [0, 0.05) is 7.05 Å². The molecule has 1 heterocycles. The standard InChI is InChI=1S/C21H22N4O4/c1-14-8-10-16(11-9-14)29-13-17(26)24(2)18-19(22)25(21(28)23-20(18)27)12-15-6-4-3-5-7-15/h3-11H,12-13,22H2,1-2H3,(H,23,27,28). The largest absolute Gasteiger partial charge is 0.484 e. The van der Waals surface area contributed by atoms with Crippen molar-refractivity contribution in [1.82, 2.24) is 9.55 Å². The van der Waals surface area contributed by atoms with Gasteiger partial charge in [-0.15, -0.1) is 0 Å². The van der Waals surface area contributed by atoms with E-state index < -0.39 is 17.2 Å². The average molecular weight is 394 g/mol. The van der Waals surface area contributed by atoms with E-state index in [-0.39, 0.29) is 24.7 Å². The van der Waals surface area contributed by atoms with Crippen LogP contribution in [0.25, 0.3) is 0 Å². The van der Waals surface area contributed by atoms with Crippen molar-refractivity contribution in [3.63, 3.8) is 0 Å². The molecule has 0 aliphatic rings. The molecule has 29 heavy (non-hydrogen) atoms. The van der Waals surface area contributed by atoms with Gasteiger partial charge in [0.1, 0.15) is 11.6 Å². The van der Waals surface area contributed by atoms with Gasteiger partial charge in [-0.05, 0) is 24.6 Å². The van der Waals surface area contributed by atoms with E-state index in [0.717, 1.165) is 16.0 Å². The minimum atomic E-state index is -0.733. The summed E-state index contributed by atoms with van der Waals surface area (Å²) in [6.07, 6.45) is 0. The number of amides is 1. The first-order chi connectivity index (χ1) is 13.9. The van der Waals surface area contributed by atoms with Gasteiger partial charge in [0.25, 0.3) is 11.5 Å². The topological polar surface area (TPSA) is 110 Å². The van der Waals surface area contributed by atoms with Crippen LogP contribution in [0.5, 0.6) is 5.75 Å². The number of nitrogens with two attached hydrogens (primary N) is 1. The molecular formula is C21H22N4O4. The predicted molar refractivity (Wildman–Crippen MR) is 111 cm³/mol. The van der Waals surface area contributed by atoms with E-state index in [1.165, 1.54) is 11.6 Å². The number of hydrogen-bond donors (Lipinski definition) is 2. The summed E-state index contributed by atoms with van der Waals surface area (Å²) in [6.45, 7) is 1.83. The van der Waals surface area contributed by atoms with Crippen LogP contribution in [0, 0.1) is 6.92 Å². The van der Waals surface area contributed by atoms with E-state index >= 15 is 0 Å². The molecule has 0 saturated carbocycles. The van der Waals surface area contributed by atoms with Gasteiger partial charge in [0.2, 0.25) is 0 Å². The Labute approximate surface area is 167 Å². The Balaban J connectivity index is 1.83. The third kappa shape index (κ3) is 4.55. The lowest BCUT2D eigenvalue weighted by Gasteiger charge is -2.20. The van der Waals surface area contributed by atoms with Crippen LogP contribution in [0.2, 0.25) is 0 Å². The van der Waals surface area contributed by atoms with E-state index in [4.69, 9.17) is 10.5 Å². The number of H-pyrrole nitrogens is 1. The first-order valence-corrected chi connectivity index (χ1v) is 8.99. The van der Waals surface area contributed by atoms with Gasteiger partial charge in [-0.25, -0.2) is 4.79 Å². The SMILES string of the molecule is Cc1ccc(OCC(=O)N(C)c2c(N)n(Cc3ccccc3)c(=O)[nH]c2=O)cc1. The Hall–Kier alpha value is -3.81. The summed E-state index contributed by atoms with van der Waals surface area (Å²) in [7, 11) is 1.42. The molecule has 8 heteroatoms. The molecule has 3 rings (SSSR count). The Morgan fingerprint density at radius 3 is 2.41 bits per heavy atom. The number of nitrogen functional groups attached to an aromatic ring is 1. The maximum atomic E-state index is 12.5. The fourth-order valence-corrected chi connectivity index (χ4v) is 2.83. The molecule has 1 aromatic heterocycles. The lowest BCUT2D eigenvalue weighted by molar-refractivity contribution is -0.120. The Kier molecular flexibility index (Phi) is 5.82. The quantitative estimate of drug-likeness (QED) is 0.659. The number of ether oxygens (including phenoxy) is 1. The number of carbonyl (C=O) groups excluding carboxylic acids is 1. The molecular weight excluding hydrogens is 372 g/mol. The second-order valence-electron chi connectivity index (χ2n) is 6.62. The van der Waals surface area contributed by atoms with Crippen molar-refractivity contribution >= 4 is 17.4 Å². The number of carbonyl (C=O) groups is 1. The number of rotatable bonds is 6. The Morgan fingerprint density at radius 2 is 1.76 bits per heavy atom. The number of benzene rings is 2. The van der Waals surface area contributed by atoms with Crippen LogP contribution in [0.15, 0.2) is 64.2 Å². The maximum absolute atomic E-state index is 12.5. The monoisotopic (exact) mass is 394 g/mol. The second-order valence-corrected chi connectivity index (χ2v) is 6.62. The summed E-state index contributed by atoms with van der Waals surface area (Å²) in [5, 5.41) is 0. The summed E-state index contributed by atoms with van der Waals surface area (Å²) >= 11 is 0. The van der Waals surface area contributed by atoms with Crippen molar-refractivity contribution in [2.75, 3.05) is 24.3 Å². The van der Waals surface area contributed by atoms with Crippen molar-refractivity contribution in [2.24, 2.45) is 0 Å². The highest BCUT2D eigenvalue weighted by Gasteiger charge is 2.21. The minimum Gasteiger partial charge on any atom is -0.484 e. The van der Waals surface area contributed by atoms with Gasteiger partial charge in [0.05, 0.1) is 6.54 Å². The fourth-order valence-electron chi connectivity index (χ4n) is 2.83. The molecule has 2 aromatic carbocycles. The molecule has 0 unspecified atom stereocenters. The molecule has 0 aliphatic heterocycles. The summed E-state index contributed by atoms with van der Waals surface area (Å²) in [4.78, 5) is 40.5. The molecule has 3 aromatic rings. The summed E-state index contributed by atoms with van der Waals surface area (Å²) in [6, 6.07) is 16.4. The van der Waals surface area contributed by atoms with Crippen molar-refractivity contribution in [3.8, 4) is 5.75 Å². The number of nitrogens with one attached hydrogen (secondary N) is 1.